The van der Waals surface area contributed by atoms with E-state index in [-0.39, 0.29) is 24.4 Å². The molecule has 3 amide bonds. The SMILES string of the molecule is O=C1CC[C@H](NC(=O)c2ccc(F)cn2)C(=O)N1. The molecular formula is C11H10FN3O3. The van der Waals surface area contributed by atoms with E-state index in [0.717, 1.165) is 12.3 Å². The molecule has 0 bridgehead atoms. The number of aromatic nitrogens is 1. The van der Waals surface area contributed by atoms with Crippen LogP contribution in [0.25, 0.3) is 0 Å². The number of piperidine rings is 1. The highest BCUT2D eigenvalue weighted by molar-refractivity contribution is 6.03. The second-order valence-corrected chi connectivity index (χ2v) is 3.84. The van der Waals surface area contributed by atoms with Gasteiger partial charge in [0, 0.05) is 6.42 Å². The molecule has 0 saturated carbocycles. The highest BCUT2D eigenvalue weighted by atomic mass is 19.1. The molecule has 1 aromatic rings. The molecule has 0 unspecified atom stereocenters. The third-order valence-corrected chi connectivity index (χ3v) is 2.50. The van der Waals surface area contributed by atoms with E-state index in [4.69, 9.17) is 0 Å². The smallest absolute Gasteiger partial charge is 0.270 e. The van der Waals surface area contributed by atoms with Crippen LogP contribution >= 0.6 is 0 Å². The minimum Gasteiger partial charge on any atom is -0.339 e. The Hall–Kier alpha value is -2.31. The van der Waals surface area contributed by atoms with Gasteiger partial charge >= 0.3 is 0 Å². The standard InChI is InChI=1S/C11H10FN3O3/c12-6-1-2-7(13-5-6)10(17)14-8-3-4-9(16)15-11(8)18/h1-2,5,8H,3-4H2,(H,14,17)(H,15,16,18)/t8-/m0/s1. The number of amides is 3. The Bertz CT molecular complexity index is 501. The summed E-state index contributed by atoms with van der Waals surface area (Å²) in [5.41, 5.74) is 0.0149. The molecule has 7 heteroatoms. The Kier molecular flexibility index (Phi) is 3.31. The first-order chi connectivity index (χ1) is 8.56. The van der Waals surface area contributed by atoms with Crippen LogP contribution in [0, 0.1) is 5.82 Å². The minimum absolute atomic E-state index is 0.0149. The number of carbonyl (C=O) groups is 3. The van der Waals surface area contributed by atoms with Crippen LogP contribution in [0.2, 0.25) is 0 Å². The summed E-state index contributed by atoms with van der Waals surface area (Å²) < 4.78 is 12.6. The van der Waals surface area contributed by atoms with Crippen molar-refractivity contribution in [1.82, 2.24) is 15.6 Å². The fraction of sp³-hybridized carbons (Fsp3) is 0.273. The van der Waals surface area contributed by atoms with Gasteiger partial charge in [-0.05, 0) is 18.6 Å². The van der Waals surface area contributed by atoms with Crippen LogP contribution in [0.1, 0.15) is 23.3 Å². The number of carbonyl (C=O) groups excluding carboxylic acids is 3. The van der Waals surface area contributed by atoms with Gasteiger partial charge in [0.1, 0.15) is 17.6 Å². The summed E-state index contributed by atoms with van der Waals surface area (Å²) in [6.45, 7) is 0. The van der Waals surface area contributed by atoms with Crippen LogP contribution < -0.4 is 10.6 Å². The van der Waals surface area contributed by atoms with E-state index in [0.29, 0.717) is 0 Å². The van der Waals surface area contributed by atoms with Crippen LogP contribution in [0.3, 0.4) is 0 Å². The predicted octanol–water partition coefficient (Wildman–Crippen LogP) is -0.244. The van der Waals surface area contributed by atoms with Gasteiger partial charge < -0.3 is 5.32 Å². The van der Waals surface area contributed by atoms with E-state index in [1.54, 1.807) is 0 Å². The van der Waals surface area contributed by atoms with Crippen molar-refractivity contribution in [3.8, 4) is 0 Å². The molecule has 0 aliphatic carbocycles. The van der Waals surface area contributed by atoms with Crippen molar-refractivity contribution < 1.29 is 18.8 Å². The molecule has 2 N–H and O–H groups in total. The molecule has 1 atom stereocenters. The van der Waals surface area contributed by atoms with Crippen LogP contribution in [-0.2, 0) is 9.59 Å². The number of hydrogen-bond acceptors (Lipinski definition) is 4. The number of nitrogens with zero attached hydrogens (tertiary/aromatic N) is 1. The van der Waals surface area contributed by atoms with Crippen molar-refractivity contribution in [1.29, 1.82) is 0 Å². The van der Waals surface area contributed by atoms with Gasteiger partial charge in [-0.1, -0.05) is 0 Å². The number of halogens is 1. The van der Waals surface area contributed by atoms with Gasteiger partial charge in [0.15, 0.2) is 0 Å². The van der Waals surface area contributed by atoms with Gasteiger partial charge in [-0.3, -0.25) is 19.7 Å². The molecule has 94 valence electrons. The van der Waals surface area contributed by atoms with E-state index >= 15 is 0 Å². The zero-order valence-electron chi connectivity index (χ0n) is 9.27. The van der Waals surface area contributed by atoms with Crippen LogP contribution in [0.15, 0.2) is 18.3 Å². The van der Waals surface area contributed by atoms with Crippen molar-refractivity contribution in [2.75, 3.05) is 0 Å². The second kappa shape index (κ2) is 4.91. The normalized spacial score (nSPS) is 19.3. The molecule has 1 aliphatic heterocycles. The second-order valence-electron chi connectivity index (χ2n) is 3.84. The van der Waals surface area contributed by atoms with Crippen molar-refractivity contribution >= 4 is 17.7 Å². The first-order valence-electron chi connectivity index (χ1n) is 5.32. The third-order valence-electron chi connectivity index (χ3n) is 2.50. The molecule has 2 rings (SSSR count). The maximum Gasteiger partial charge on any atom is 0.270 e. The molecular weight excluding hydrogens is 241 g/mol. The summed E-state index contributed by atoms with van der Waals surface area (Å²) in [4.78, 5) is 37.6. The minimum atomic E-state index is -0.762. The summed E-state index contributed by atoms with van der Waals surface area (Å²) in [7, 11) is 0. The number of nitrogens with one attached hydrogen (secondary N) is 2. The molecule has 6 nitrogen and oxygen atoms in total. The maximum absolute atomic E-state index is 12.6. The molecule has 1 saturated heterocycles. The molecule has 1 fully saturated rings. The van der Waals surface area contributed by atoms with Crippen LogP contribution in [0.4, 0.5) is 4.39 Å². The van der Waals surface area contributed by atoms with E-state index in [2.05, 4.69) is 15.6 Å². The van der Waals surface area contributed by atoms with Gasteiger partial charge in [-0.2, -0.15) is 0 Å². The van der Waals surface area contributed by atoms with E-state index < -0.39 is 23.7 Å². The van der Waals surface area contributed by atoms with E-state index in [9.17, 15) is 18.8 Å². The van der Waals surface area contributed by atoms with Gasteiger partial charge in [0.2, 0.25) is 11.8 Å². The molecule has 0 radical (unpaired) electrons. The fourth-order valence-corrected chi connectivity index (χ4v) is 1.57. The van der Waals surface area contributed by atoms with Crippen LogP contribution in [0.5, 0.6) is 0 Å². The lowest BCUT2D eigenvalue weighted by Crippen LogP contribution is -2.52. The monoisotopic (exact) mass is 251 g/mol. The largest absolute Gasteiger partial charge is 0.339 e. The Morgan fingerprint density at radius 3 is 2.83 bits per heavy atom. The van der Waals surface area contributed by atoms with Gasteiger partial charge in [0.25, 0.3) is 5.91 Å². The van der Waals surface area contributed by atoms with Gasteiger partial charge in [0.05, 0.1) is 6.20 Å². The molecule has 0 aromatic carbocycles. The maximum atomic E-state index is 12.6. The highest BCUT2D eigenvalue weighted by Crippen LogP contribution is 2.06. The molecule has 0 spiro atoms. The van der Waals surface area contributed by atoms with Gasteiger partial charge in [-0.15, -0.1) is 0 Å². The third kappa shape index (κ3) is 2.68. The molecule has 1 aromatic heterocycles. The Balaban J connectivity index is 2.01. The lowest BCUT2D eigenvalue weighted by Gasteiger charge is -2.21. The Morgan fingerprint density at radius 1 is 1.44 bits per heavy atom. The summed E-state index contributed by atoms with van der Waals surface area (Å²) >= 11 is 0. The summed E-state index contributed by atoms with van der Waals surface area (Å²) in [5, 5.41) is 4.56. The van der Waals surface area contributed by atoms with Gasteiger partial charge in [-0.25, -0.2) is 9.37 Å². The lowest BCUT2D eigenvalue weighted by molar-refractivity contribution is -0.134. The Morgan fingerprint density at radius 2 is 2.22 bits per heavy atom. The number of imide groups is 1. The van der Waals surface area contributed by atoms with Crippen LogP contribution in [-0.4, -0.2) is 28.7 Å². The molecule has 2 heterocycles. The Labute approximate surface area is 102 Å². The summed E-state index contributed by atoms with van der Waals surface area (Å²) in [5.74, 6) is -2.02. The lowest BCUT2D eigenvalue weighted by atomic mass is 10.1. The molecule has 1 aliphatic rings. The number of rotatable bonds is 2. The van der Waals surface area contributed by atoms with Crippen molar-refractivity contribution in [2.45, 2.75) is 18.9 Å². The summed E-state index contributed by atoms with van der Waals surface area (Å²) in [6, 6.07) is 1.56. The predicted molar refractivity (Wildman–Crippen MR) is 57.8 cm³/mol. The van der Waals surface area contributed by atoms with E-state index in [1.165, 1.54) is 6.07 Å². The van der Waals surface area contributed by atoms with E-state index in [1.807, 2.05) is 0 Å². The first-order valence-corrected chi connectivity index (χ1v) is 5.32. The summed E-state index contributed by atoms with van der Waals surface area (Å²) in [6.07, 6.45) is 1.34. The average molecular weight is 251 g/mol. The zero-order valence-corrected chi connectivity index (χ0v) is 9.27. The fourth-order valence-electron chi connectivity index (χ4n) is 1.57. The molecule has 18 heavy (non-hydrogen) atoms. The topological polar surface area (TPSA) is 88.2 Å². The quantitative estimate of drug-likeness (QED) is 0.710. The average Bonchev–Trinajstić information content (AvgIpc) is 2.33. The number of pyridine rings is 1. The number of hydrogen-bond donors (Lipinski definition) is 2. The highest BCUT2D eigenvalue weighted by Gasteiger charge is 2.28. The first kappa shape index (κ1) is 12.2. The van der Waals surface area contributed by atoms with Crippen molar-refractivity contribution in [2.24, 2.45) is 0 Å². The zero-order chi connectivity index (χ0) is 13.1. The van der Waals surface area contributed by atoms with Crippen molar-refractivity contribution in [3.63, 3.8) is 0 Å². The van der Waals surface area contributed by atoms with Crippen molar-refractivity contribution in [3.05, 3.63) is 29.8 Å².